The average molecular weight is 242 g/mol. The third kappa shape index (κ3) is 1.74. The Morgan fingerprint density at radius 2 is 2.11 bits per heavy atom. The second-order valence-electron chi connectivity index (χ2n) is 6.10. The molecule has 0 amide bonds. The van der Waals surface area contributed by atoms with E-state index in [4.69, 9.17) is 4.98 Å². The van der Waals surface area contributed by atoms with E-state index in [1.165, 1.54) is 0 Å². The molecule has 1 aliphatic heterocycles. The molecule has 0 saturated carbocycles. The van der Waals surface area contributed by atoms with Crippen molar-refractivity contribution in [2.24, 2.45) is 5.41 Å². The van der Waals surface area contributed by atoms with Crippen LogP contribution in [-0.2, 0) is 13.0 Å². The normalized spacial score (nSPS) is 17.7. The van der Waals surface area contributed by atoms with Crippen LogP contribution in [0, 0.1) is 12.3 Å². The molecule has 0 radical (unpaired) electrons. The maximum Gasteiger partial charge on any atom is 0.261 e. The summed E-state index contributed by atoms with van der Waals surface area (Å²) in [4.78, 5) is 17.1. The quantitative estimate of drug-likeness (QED) is 0.712. The van der Waals surface area contributed by atoms with E-state index >= 15 is 0 Å². The minimum absolute atomic E-state index is 0.116. The number of rotatable bonds is 0. The van der Waals surface area contributed by atoms with E-state index < -0.39 is 0 Å². The van der Waals surface area contributed by atoms with Crippen LogP contribution in [0.4, 0.5) is 0 Å². The van der Waals surface area contributed by atoms with E-state index in [0.717, 1.165) is 41.7 Å². The maximum atomic E-state index is 12.4. The first-order chi connectivity index (χ1) is 8.46. The largest absolute Gasteiger partial charge is 0.296 e. The van der Waals surface area contributed by atoms with Crippen LogP contribution < -0.4 is 5.56 Å². The third-order valence-electron chi connectivity index (χ3n) is 3.84. The van der Waals surface area contributed by atoms with Gasteiger partial charge in [0.1, 0.15) is 5.82 Å². The van der Waals surface area contributed by atoms with Crippen molar-refractivity contribution in [1.82, 2.24) is 9.55 Å². The van der Waals surface area contributed by atoms with E-state index in [2.05, 4.69) is 13.8 Å². The molecule has 1 aliphatic rings. The van der Waals surface area contributed by atoms with Crippen molar-refractivity contribution in [3.05, 3.63) is 39.9 Å². The van der Waals surface area contributed by atoms with Crippen LogP contribution in [0.25, 0.3) is 10.9 Å². The van der Waals surface area contributed by atoms with Crippen molar-refractivity contribution < 1.29 is 0 Å². The topological polar surface area (TPSA) is 34.9 Å². The van der Waals surface area contributed by atoms with Crippen LogP contribution in [0.15, 0.2) is 23.0 Å². The predicted molar refractivity (Wildman–Crippen MR) is 72.8 cm³/mol. The monoisotopic (exact) mass is 242 g/mol. The zero-order valence-electron chi connectivity index (χ0n) is 11.2. The van der Waals surface area contributed by atoms with Gasteiger partial charge in [0.2, 0.25) is 0 Å². The average Bonchev–Trinajstić information content (AvgIpc) is 2.27. The molecule has 3 heteroatoms. The Morgan fingerprint density at radius 1 is 1.33 bits per heavy atom. The zero-order chi connectivity index (χ0) is 12.9. The summed E-state index contributed by atoms with van der Waals surface area (Å²) in [5.74, 6) is 0.939. The van der Waals surface area contributed by atoms with Gasteiger partial charge in [0.05, 0.1) is 10.9 Å². The number of aryl methyl sites for hydroxylation is 1. The molecule has 0 aliphatic carbocycles. The molecule has 94 valence electrons. The molecule has 0 bridgehead atoms. The molecule has 2 aromatic rings. The van der Waals surface area contributed by atoms with E-state index in [9.17, 15) is 4.79 Å². The molecular weight excluding hydrogens is 224 g/mol. The van der Waals surface area contributed by atoms with Crippen molar-refractivity contribution in [1.29, 1.82) is 0 Å². The summed E-state index contributed by atoms with van der Waals surface area (Å²) in [5.41, 5.74) is 2.35. The number of fused-ring (bicyclic) bond motifs is 2. The summed E-state index contributed by atoms with van der Waals surface area (Å²) in [6.45, 7) is 7.30. The number of nitrogens with zero attached hydrogens (tertiary/aromatic N) is 2. The summed E-state index contributed by atoms with van der Waals surface area (Å²) in [7, 11) is 0. The van der Waals surface area contributed by atoms with E-state index in [1.54, 1.807) is 0 Å². The van der Waals surface area contributed by atoms with Gasteiger partial charge in [-0.25, -0.2) is 4.98 Å². The highest BCUT2D eigenvalue weighted by Crippen LogP contribution is 2.30. The van der Waals surface area contributed by atoms with Gasteiger partial charge >= 0.3 is 0 Å². The van der Waals surface area contributed by atoms with Crippen LogP contribution in [-0.4, -0.2) is 9.55 Å². The van der Waals surface area contributed by atoms with Crippen molar-refractivity contribution in [3.63, 3.8) is 0 Å². The fraction of sp³-hybridized carbons (Fsp3) is 0.467. The second kappa shape index (κ2) is 3.67. The molecule has 0 unspecified atom stereocenters. The van der Waals surface area contributed by atoms with Crippen molar-refractivity contribution in [2.45, 2.75) is 40.2 Å². The van der Waals surface area contributed by atoms with Gasteiger partial charge in [-0.15, -0.1) is 0 Å². The molecule has 0 fully saturated rings. The predicted octanol–water partition coefficient (Wildman–Crippen LogP) is 2.68. The summed E-state index contributed by atoms with van der Waals surface area (Å²) >= 11 is 0. The Morgan fingerprint density at radius 3 is 2.89 bits per heavy atom. The summed E-state index contributed by atoms with van der Waals surface area (Å²) in [5, 5.41) is 0.740. The highest BCUT2D eigenvalue weighted by Gasteiger charge is 2.27. The van der Waals surface area contributed by atoms with Gasteiger partial charge in [-0.3, -0.25) is 9.36 Å². The molecule has 2 heterocycles. The SMILES string of the molecule is Cc1ccc2c(=O)n3c(nc2c1)CC(C)(C)CC3. The van der Waals surface area contributed by atoms with Crippen molar-refractivity contribution >= 4 is 10.9 Å². The molecule has 3 rings (SSSR count). The van der Waals surface area contributed by atoms with Crippen LogP contribution in [0.5, 0.6) is 0 Å². The summed E-state index contributed by atoms with van der Waals surface area (Å²) in [6, 6.07) is 5.87. The molecule has 1 aromatic heterocycles. The minimum Gasteiger partial charge on any atom is -0.296 e. The van der Waals surface area contributed by atoms with E-state index in [1.807, 2.05) is 29.7 Å². The number of hydrogen-bond acceptors (Lipinski definition) is 2. The van der Waals surface area contributed by atoms with E-state index in [-0.39, 0.29) is 11.0 Å². The highest BCUT2D eigenvalue weighted by atomic mass is 16.1. The van der Waals surface area contributed by atoms with Gasteiger partial charge in [-0.05, 0) is 36.5 Å². The standard InChI is InChI=1S/C15H18N2O/c1-10-4-5-11-12(8-10)16-13-9-15(2,3)6-7-17(13)14(11)18/h4-5,8H,6-7,9H2,1-3H3. The Labute approximate surface area is 106 Å². The van der Waals surface area contributed by atoms with E-state index in [0.29, 0.717) is 0 Å². The van der Waals surface area contributed by atoms with Crippen LogP contribution in [0.2, 0.25) is 0 Å². The highest BCUT2D eigenvalue weighted by molar-refractivity contribution is 5.78. The Balaban J connectivity index is 2.29. The summed E-state index contributed by atoms with van der Waals surface area (Å²) < 4.78 is 1.85. The fourth-order valence-electron chi connectivity index (χ4n) is 2.67. The lowest BCUT2D eigenvalue weighted by Crippen LogP contribution is -2.35. The van der Waals surface area contributed by atoms with Crippen molar-refractivity contribution in [2.75, 3.05) is 0 Å². The first kappa shape index (κ1) is 11.5. The lowest BCUT2D eigenvalue weighted by Gasteiger charge is -2.31. The Kier molecular flexibility index (Phi) is 2.34. The lowest BCUT2D eigenvalue weighted by atomic mass is 9.83. The van der Waals surface area contributed by atoms with Gasteiger partial charge in [0, 0.05) is 13.0 Å². The van der Waals surface area contributed by atoms with Gasteiger partial charge in [-0.1, -0.05) is 19.9 Å². The zero-order valence-corrected chi connectivity index (χ0v) is 11.2. The van der Waals surface area contributed by atoms with Gasteiger partial charge in [0.15, 0.2) is 0 Å². The molecule has 3 nitrogen and oxygen atoms in total. The first-order valence-electron chi connectivity index (χ1n) is 6.46. The smallest absolute Gasteiger partial charge is 0.261 e. The Hall–Kier alpha value is -1.64. The molecule has 0 N–H and O–H groups in total. The molecular formula is C15H18N2O. The van der Waals surface area contributed by atoms with Crippen LogP contribution in [0.1, 0.15) is 31.7 Å². The fourth-order valence-corrected chi connectivity index (χ4v) is 2.67. The maximum absolute atomic E-state index is 12.4. The number of benzene rings is 1. The van der Waals surface area contributed by atoms with Crippen LogP contribution in [0.3, 0.4) is 0 Å². The third-order valence-corrected chi connectivity index (χ3v) is 3.84. The summed E-state index contributed by atoms with van der Waals surface area (Å²) in [6.07, 6.45) is 1.92. The molecule has 18 heavy (non-hydrogen) atoms. The first-order valence-corrected chi connectivity index (χ1v) is 6.46. The minimum atomic E-state index is 0.116. The lowest BCUT2D eigenvalue weighted by molar-refractivity contribution is 0.261. The Bertz CT molecular complexity index is 683. The number of hydrogen-bond donors (Lipinski definition) is 0. The van der Waals surface area contributed by atoms with Gasteiger partial charge < -0.3 is 0 Å². The van der Waals surface area contributed by atoms with Crippen molar-refractivity contribution in [3.8, 4) is 0 Å². The van der Waals surface area contributed by atoms with Gasteiger partial charge in [-0.2, -0.15) is 0 Å². The van der Waals surface area contributed by atoms with Crippen LogP contribution >= 0.6 is 0 Å². The second-order valence-corrected chi connectivity index (χ2v) is 6.10. The molecule has 1 aromatic carbocycles. The number of aromatic nitrogens is 2. The molecule has 0 spiro atoms. The molecule has 0 atom stereocenters. The molecule has 0 saturated heterocycles. The van der Waals surface area contributed by atoms with Gasteiger partial charge in [0.25, 0.3) is 5.56 Å².